The number of aromatic nitrogens is 3. The third-order valence-electron chi connectivity index (χ3n) is 2.09. The second-order valence-electron chi connectivity index (χ2n) is 4.10. The van der Waals surface area contributed by atoms with Gasteiger partial charge in [0.15, 0.2) is 0 Å². The van der Waals surface area contributed by atoms with Gasteiger partial charge in [0, 0.05) is 13.0 Å². The van der Waals surface area contributed by atoms with Crippen LogP contribution in [0.3, 0.4) is 0 Å². The number of carboxylic acid groups (broad SMARTS) is 1. The molecule has 1 aromatic rings. The topological polar surface area (TPSA) is 99.2 Å². The van der Waals surface area contributed by atoms with Gasteiger partial charge in [-0.3, -0.25) is 14.5 Å². The Balaban J connectivity index is 2.72. The Morgan fingerprint density at radius 3 is 2.71 bits per heavy atom. The number of anilines is 1. The van der Waals surface area contributed by atoms with Crippen LogP contribution in [0.4, 0.5) is 5.95 Å². The van der Waals surface area contributed by atoms with Crippen LogP contribution in [0, 0.1) is 5.92 Å². The highest BCUT2D eigenvalue weighted by molar-refractivity contribution is 5.92. The van der Waals surface area contributed by atoms with Gasteiger partial charge in [0.2, 0.25) is 11.9 Å². The summed E-state index contributed by atoms with van der Waals surface area (Å²) < 4.78 is 0. The summed E-state index contributed by atoms with van der Waals surface area (Å²) in [7, 11) is 0. The van der Waals surface area contributed by atoms with Gasteiger partial charge in [-0.15, -0.1) is 0 Å². The number of rotatable bonds is 6. The molecule has 0 aliphatic rings. The minimum absolute atomic E-state index is 0.0933. The second-order valence-corrected chi connectivity index (χ2v) is 4.10. The molecule has 1 aromatic heterocycles. The van der Waals surface area contributed by atoms with E-state index >= 15 is 0 Å². The fourth-order valence-electron chi connectivity index (χ4n) is 1.34. The van der Waals surface area contributed by atoms with E-state index in [9.17, 15) is 9.59 Å². The van der Waals surface area contributed by atoms with Crippen molar-refractivity contribution in [1.29, 1.82) is 0 Å². The summed E-state index contributed by atoms with van der Waals surface area (Å²) in [6.45, 7) is 3.94. The Hall–Kier alpha value is -1.92. The molecule has 0 saturated heterocycles. The van der Waals surface area contributed by atoms with E-state index in [2.05, 4.69) is 15.2 Å². The molecule has 0 aliphatic carbocycles. The van der Waals surface area contributed by atoms with E-state index in [1.54, 1.807) is 0 Å². The van der Waals surface area contributed by atoms with Crippen molar-refractivity contribution in [2.24, 2.45) is 5.92 Å². The lowest BCUT2D eigenvalue weighted by atomic mass is 10.1. The monoisotopic (exact) mass is 240 g/mol. The number of H-pyrrole nitrogens is 1. The van der Waals surface area contributed by atoms with Crippen LogP contribution in [0.15, 0.2) is 6.33 Å². The van der Waals surface area contributed by atoms with Crippen LogP contribution in [0.1, 0.15) is 26.7 Å². The van der Waals surface area contributed by atoms with Gasteiger partial charge in [0.25, 0.3) is 0 Å². The number of carbonyl (C=O) groups excluding carboxylic acids is 1. The van der Waals surface area contributed by atoms with Crippen molar-refractivity contribution >= 4 is 17.8 Å². The van der Waals surface area contributed by atoms with Gasteiger partial charge in [-0.2, -0.15) is 10.1 Å². The number of carbonyl (C=O) groups is 2. The van der Waals surface area contributed by atoms with Gasteiger partial charge in [-0.1, -0.05) is 13.8 Å². The molecule has 17 heavy (non-hydrogen) atoms. The largest absolute Gasteiger partial charge is 0.481 e. The van der Waals surface area contributed by atoms with Gasteiger partial charge in [-0.25, -0.2) is 5.10 Å². The molecule has 1 amide bonds. The van der Waals surface area contributed by atoms with Crippen LogP contribution >= 0.6 is 0 Å². The van der Waals surface area contributed by atoms with Gasteiger partial charge in [-0.05, 0) is 5.92 Å². The summed E-state index contributed by atoms with van der Waals surface area (Å²) in [6, 6.07) is 0. The number of aromatic amines is 1. The van der Waals surface area contributed by atoms with Crippen LogP contribution in [-0.4, -0.2) is 38.7 Å². The summed E-state index contributed by atoms with van der Waals surface area (Å²) >= 11 is 0. The van der Waals surface area contributed by atoms with E-state index < -0.39 is 5.97 Å². The SMILES string of the molecule is CC(C)CC(=O)N(CCC(=O)O)c1ncn[nH]1. The Bertz CT molecular complexity index is 375. The minimum Gasteiger partial charge on any atom is -0.481 e. The summed E-state index contributed by atoms with van der Waals surface area (Å²) in [5, 5.41) is 14.9. The third-order valence-corrected chi connectivity index (χ3v) is 2.09. The molecule has 0 aromatic carbocycles. The normalized spacial score (nSPS) is 10.5. The average molecular weight is 240 g/mol. The van der Waals surface area contributed by atoms with Gasteiger partial charge in [0.05, 0.1) is 6.42 Å². The summed E-state index contributed by atoms with van der Waals surface area (Å²) in [5.74, 6) is -0.612. The number of nitrogens with one attached hydrogen (secondary N) is 1. The van der Waals surface area contributed by atoms with Crippen molar-refractivity contribution in [1.82, 2.24) is 15.2 Å². The zero-order valence-corrected chi connectivity index (χ0v) is 9.88. The Morgan fingerprint density at radius 2 is 2.24 bits per heavy atom. The first kappa shape index (κ1) is 13.1. The molecular weight excluding hydrogens is 224 g/mol. The van der Waals surface area contributed by atoms with Crippen LogP contribution in [0.2, 0.25) is 0 Å². The maximum atomic E-state index is 11.9. The molecule has 1 rings (SSSR count). The van der Waals surface area contributed by atoms with E-state index in [-0.39, 0.29) is 30.7 Å². The minimum atomic E-state index is -0.952. The van der Waals surface area contributed by atoms with Gasteiger partial charge < -0.3 is 5.11 Å². The van der Waals surface area contributed by atoms with Crippen LogP contribution in [0.25, 0.3) is 0 Å². The second kappa shape index (κ2) is 5.97. The van der Waals surface area contributed by atoms with Crippen LogP contribution in [-0.2, 0) is 9.59 Å². The zero-order valence-electron chi connectivity index (χ0n) is 9.88. The highest BCUT2D eigenvalue weighted by Gasteiger charge is 2.19. The fraction of sp³-hybridized carbons (Fsp3) is 0.600. The quantitative estimate of drug-likeness (QED) is 0.760. The number of hydrogen-bond acceptors (Lipinski definition) is 4. The van der Waals surface area contributed by atoms with Crippen molar-refractivity contribution in [3.8, 4) is 0 Å². The molecule has 2 N–H and O–H groups in total. The molecule has 0 unspecified atom stereocenters. The molecule has 0 bridgehead atoms. The maximum Gasteiger partial charge on any atom is 0.305 e. The number of carboxylic acids is 1. The number of aliphatic carboxylic acids is 1. The van der Waals surface area contributed by atoms with Crippen LogP contribution in [0.5, 0.6) is 0 Å². The standard InChI is InChI=1S/C10H16N4O3/c1-7(2)5-8(15)14(4-3-9(16)17)10-11-6-12-13-10/h6-7H,3-5H2,1-2H3,(H,16,17)(H,11,12,13). The molecule has 1 heterocycles. The third kappa shape index (κ3) is 4.21. The maximum absolute atomic E-state index is 11.9. The molecule has 0 atom stereocenters. The molecule has 0 fully saturated rings. The first-order chi connectivity index (χ1) is 8.00. The molecule has 0 aliphatic heterocycles. The predicted molar refractivity (Wildman–Crippen MR) is 60.4 cm³/mol. The van der Waals surface area contributed by atoms with E-state index in [4.69, 9.17) is 5.11 Å². The Morgan fingerprint density at radius 1 is 1.53 bits per heavy atom. The zero-order chi connectivity index (χ0) is 12.8. The Labute approximate surface area is 98.8 Å². The van der Waals surface area contributed by atoms with Crippen molar-refractivity contribution in [2.75, 3.05) is 11.4 Å². The van der Waals surface area contributed by atoms with Crippen molar-refractivity contribution in [3.63, 3.8) is 0 Å². The molecule has 94 valence electrons. The molecule has 7 nitrogen and oxygen atoms in total. The number of hydrogen-bond donors (Lipinski definition) is 2. The number of nitrogens with zero attached hydrogens (tertiary/aromatic N) is 3. The van der Waals surface area contributed by atoms with E-state index in [0.29, 0.717) is 6.42 Å². The Kier molecular flexibility index (Phi) is 4.62. The van der Waals surface area contributed by atoms with Crippen molar-refractivity contribution in [3.05, 3.63) is 6.33 Å². The molecule has 0 radical (unpaired) electrons. The summed E-state index contributed by atoms with van der Waals surface area (Å²) in [4.78, 5) is 27.6. The fourth-order valence-corrected chi connectivity index (χ4v) is 1.34. The molecule has 7 heteroatoms. The van der Waals surface area contributed by atoms with Crippen molar-refractivity contribution in [2.45, 2.75) is 26.7 Å². The predicted octanol–water partition coefficient (Wildman–Crippen LogP) is 0.659. The highest BCUT2D eigenvalue weighted by atomic mass is 16.4. The molecule has 0 saturated carbocycles. The molecule has 0 spiro atoms. The molecular formula is C10H16N4O3. The lowest BCUT2D eigenvalue weighted by Crippen LogP contribution is -2.34. The van der Waals surface area contributed by atoms with Gasteiger partial charge in [0.1, 0.15) is 6.33 Å². The summed E-state index contributed by atoms with van der Waals surface area (Å²) in [6.07, 6.45) is 1.51. The van der Waals surface area contributed by atoms with E-state index in [1.165, 1.54) is 11.2 Å². The van der Waals surface area contributed by atoms with Crippen LogP contribution < -0.4 is 4.90 Å². The summed E-state index contributed by atoms with van der Waals surface area (Å²) in [5.41, 5.74) is 0. The lowest BCUT2D eigenvalue weighted by molar-refractivity contribution is -0.136. The van der Waals surface area contributed by atoms with E-state index in [0.717, 1.165) is 0 Å². The average Bonchev–Trinajstić information content (AvgIpc) is 2.69. The van der Waals surface area contributed by atoms with Crippen molar-refractivity contribution < 1.29 is 14.7 Å². The first-order valence-corrected chi connectivity index (χ1v) is 5.38. The number of amides is 1. The first-order valence-electron chi connectivity index (χ1n) is 5.38. The van der Waals surface area contributed by atoms with Gasteiger partial charge >= 0.3 is 5.97 Å². The smallest absolute Gasteiger partial charge is 0.305 e. The highest BCUT2D eigenvalue weighted by Crippen LogP contribution is 2.11. The lowest BCUT2D eigenvalue weighted by Gasteiger charge is -2.19. The van der Waals surface area contributed by atoms with E-state index in [1.807, 2.05) is 13.8 Å².